The second-order valence-corrected chi connectivity index (χ2v) is 7.14. The number of hydrogen-bond donors (Lipinski definition) is 2. The van der Waals surface area contributed by atoms with Crippen LogP contribution in [0.5, 0.6) is 0 Å². The van der Waals surface area contributed by atoms with Gasteiger partial charge < -0.3 is 5.32 Å². The Kier molecular flexibility index (Phi) is 4.60. The lowest BCUT2D eigenvalue weighted by Gasteiger charge is -2.11. The van der Waals surface area contributed by atoms with Crippen molar-refractivity contribution in [3.8, 4) is 0 Å². The number of nitrogens with one attached hydrogen (secondary N) is 2. The van der Waals surface area contributed by atoms with E-state index >= 15 is 0 Å². The van der Waals surface area contributed by atoms with Crippen LogP contribution >= 0.6 is 11.3 Å². The number of aryl methyl sites for hydroxylation is 1. The summed E-state index contributed by atoms with van der Waals surface area (Å²) >= 11 is 1.19. The summed E-state index contributed by atoms with van der Waals surface area (Å²) < 4.78 is 41.1. The quantitative estimate of drug-likeness (QED) is 0.884. The molecule has 0 spiro atoms. The smallest absolute Gasteiger partial charge is 0.264 e. The molecule has 1 aromatic carbocycles. The topological polar surface area (TPSA) is 71.1 Å². The van der Waals surface area contributed by atoms with Crippen LogP contribution in [0.3, 0.4) is 0 Å². The van der Waals surface area contributed by atoms with Crippen LogP contribution in [0.15, 0.2) is 22.4 Å². The molecule has 0 fully saturated rings. The van der Waals surface area contributed by atoms with Crippen molar-refractivity contribution in [2.45, 2.75) is 25.3 Å². The predicted octanol–water partition coefficient (Wildman–Crippen LogP) is 2.42. The van der Waals surface area contributed by atoms with Crippen molar-refractivity contribution in [3.63, 3.8) is 0 Å². The standard InChI is InChI=1S/C13H16FN3O2S2/c1-8-7-20-13(16-8)17-21(18,19)12-5-10(6-15-3)4-11(14)9(12)2/h4-5,7,15H,6H2,1-3H3,(H,16,17). The number of sulfonamides is 1. The van der Waals surface area contributed by atoms with Gasteiger partial charge in [0.05, 0.1) is 10.6 Å². The molecule has 21 heavy (non-hydrogen) atoms. The van der Waals surface area contributed by atoms with Crippen molar-refractivity contribution in [3.05, 3.63) is 40.2 Å². The lowest BCUT2D eigenvalue weighted by molar-refractivity contribution is 0.588. The highest BCUT2D eigenvalue weighted by atomic mass is 32.2. The summed E-state index contributed by atoms with van der Waals surface area (Å²) in [6.07, 6.45) is 0. The molecule has 0 aliphatic heterocycles. The van der Waals surface area contributed by atoms with Gasteiger partial charge in [-0.3, -0.25) is 4.72 Å². The lowest BCUT2D eigenvalue weighted by atomic mass is 10.1. The van der Waals surface area contributed by atoms with Gasteiger partial charge in [0.1, 0.15) is 5.82 Å². The summed E-state index contributed by atoms with van der Waals surface area (Å²) in [7, 11) is -2.15. The first-order valence-electron chi connectivity index (χ1n) is 6.22. The first-order chi connectivity index (χ1) is 9.83. The molecular weight excluding hydrogens is 313 g/mol. The van der Waals surface area contributed by atoms with Gasteiger partial charge in [-0.25, -0.2) is 17.8 Å². The summed E-state index contributed by atoms with van der Waals surface area (Å²) in [4.78, 5) is 3.99. The molecule has 0 unspecified atom stereocenters. The summed E-state index contributed by atoms with van der Waals surface area (Å²) in [5.41, 5.74) is 1.39. The maximum atomic E-state index is 13.9. The van der Waals surface area contributed by atoms with Crippen molar-refractivity contribution >= 4 is 26.5 Å². The molecular formula is C13H16FN3O2S2. The van der Waals surface area contributed by atoms with E-state index in [1.165, 1.54) is 30.4 Å². The minimum absolute atomic E-state index is 0.0689. The number of rotatable bonds is 5. The number of aromatic nitrogens is 1. The molecule has 0 saturated heterocycles. The van der Waals surface area contributed by atoms with Crippen molar-refractivity contribution in [1.29, 1.82) is 0 Å². The molecule has 0 bridgehead atoms. The maximum absolute atomic E-state index is 13.9. The molecule has 1 heterocycles. The highest BCUT2D eigenvalue weighted by Crippen LogP contribution is 2.24. The first kappa shape index (κ1) is 15.9. The van der Waals surface area contributed by atoms with E-state index in [0.717, 1.165) is 5.69 Å². The zero-order valence-corrected chi connectivity index (χ0v) is 13.5. The van der Waals surface area contributed by atoms with Crippen LogP contribution in [0.25, 0.3) is 0 Å². The van der Waals surface area contributed by atoms with Crippen molar-refractivity contribution < 1.29 is 12.8 Å². The van der Waals surface area contributed by atoms with Gasteiger partial charge in [0.2, 0.25) is 0 Å². The van der Waals surface area contributed by atoms with Gasteiger partial charge in [-0.2, -0.15) is 0 Å². The molecule has 114 valence electrons. The van der Waals surface area contributed by atoms with Crippen molar-refractivity contribution in [2.24, 2.45) is 0 Å². The fourth-order valence-electron chi connectivity index (χ4n) is 1.86. The van der Waals surface area contributed by atoms with Gasteiger partial charge in [-0.1, -0.05) is 0 Å². The zero-order valence-electron chi connectivity index (χ0n) is 11.9. The fourth-order valence-corrected chi connectivity index (χ4v) is 4.11. The molecule has 0 aliphatic carbocycles. The van der Waals surface area contributed by atoms with Crippen LogP contribution < -0.4 is 10.0 Å². The van der Waals surface area contributed by atoms with Crippen LogP contribution in [-0.4, -0.2) is 20.4 Å². The maximum Gasteiger partial charge on any atom is 0.264 e. The van der Waals surface area contributed by atoms with E-state index in [9.17, 15) is 12.8 Å². The monoisotopic (exact) mass is 329 g/mol. The normalized spacial score (nSPS) is 11.6. The Morgan fingerprint density at radius 2 is 2.05 bits per heavy atom. The van der Waals surface area contributed by atoms with Gasteiger partial charge >= 0.3 is 0 Å². The molecule has 1 aromatic heterocycles. The van der Waals surface area contributed by atoms with E-state index in [4.69, 9.17) is 0 Å². The largest absolute Gasteiger partial charge is 0.316 e. The molecule has 2 N–H and O–H groups in total. The van der Waals surface area contributed by atoms with Crippen LogP contribution in [0, 0.1) is 19.7 Å². The van der Waals surface area contributed by atoms with Gasteiger partial charge in [0.15, 0.2) is 5.13 Å². The number of halogens is 1. The van der Waals surface area contributed by atoms with Crippen LogP contribution in [0.2, 0.25) is 0 Å². The number of nitrogens with zero attached hydrogens (tertiary/aromatic N) is 1. The van der Waals surface area contributed by atoms with Crippen LogP contribution in [0.1, 0.15) is 16.8 Å². The Bertz CT molecular complexity index is 757. The summed E-state index contributed by atoms with van der Waals surface area (Å²) in [5.74, 6) is -0.543. The second kappa shape index (κ2) is 6.08. The van der Waals surface area contributed by atoms with E-state index in [1.807, 2.05) is 0 Å². The number of hydrogen-bond acceptors (Lipinski definition) is 5. The van der Waals surface area contributed by atoms with Crippen LogP contribution in [-0.2, 0) is 16.6 Å². The number of benzene rings is 1. The second-order valence-electron chi connectivity index (χ2n) is 4.63. The van der Waals surface area contributed by atoms with E-state index in [2.05, 4.69) is 15.0 Å². The number of anilines is 1. The Labute approximate surface area is 127 Å². The van der Waals surface area contributed by atoms with Crippen molar-refractivity contribution in [1.82, 2.24) is 10.3 Å². The Morgan fingerprint density at radius 1 is 1.33 bits per heavy atom. The Morgan fingerprint density at radius 3 is 2.62 bits per heavy atom. The molecule has 5 nitrogen and oxygen atoms in total. The molecule has 8 heteroatoms. The molecule has 0 aliphatic rings. The van der Waals surface area contributed by atoms with Crippen LogP contribution in [0.4, 0.5) is 9.52 Å². The highest BCUT2D eigenvalue weighted by Gasteiger charge is 2.21. The van der Waals surface area contributed by atoms with Gasteiger partial charge in [-0.15, -0.1) is 11.3 Å². The number of thiazole rings is 1. The molecule has 0 amide bonds. The lowest BCUT2D eigenvalue weighted by Crippen LogP contribution is -2.16. The third kappa shape index (κ3) is 3.58. The third-order valence-corrected chi connectivity index (χ3v) is 5.34. The highest BCUT2D eigenvalue weighted by molar-refractivity contribution is 7.93. The Balaban J connectivity index is 2.43. The van der Waals surface area contributed by atoms with Gasteiger partial charge in [0.25, 0.3) is 10.0 Å². The zero-order chi connectivity index (χ0) is 15.6. The predicted molar refractivity (Wildman–Crippen MR) is 81.6 cm³/mol. The van der Waals surface area contributed by atoms with Crippen molar-refractivity contribution in [2.75, 3.05) is 11.8 Å². The average molecular weight is 329 g/mol. The SMILES string of the molecule is CNCc1cc(F)c(C)c(S(=O)(=O)Nc2nc(C)cs2)c1. The average Bonchev–Trinajstić information content (AvgIpc) is 2.78. The summed E-state index contributed by atoms with van der Waals surface area (Å²) in [6.45, 7) is 3.60. The van der Waals surface area contributed by atoms with E-state index in [0.29, 0.717) is 12.1 Å². The minimum atomic E-state index is -3.86. The van der Waals surface area contributed by atoms with E-state index in [1.54, 1.807) is 19.4 Å². The molecule has 0 radical (unpaired) electrons. The summed E-state index contributed by atoms with van der Waals surface area (Å²) in [6, 6.07) is 2.80. The van der Waals surface area contributed by atoms with Gasteiger partial charge in [0, 0.05) is 17.5 Å². The first-order valence-corrected chi connectivity index (χ1v) is 8.58. The minimum Gasteiger partial charge on any atom is -0.316 e. The van der Waals surface area contributed by atoms with Gasteiger partial charge in [-0.05, 0) is 38.6 Å². The molecule has 2 rings (SSSR count). The summed E-state index contributed by atoms with van der Waals surface area (Å²) in [5, 5.41) is 4.88. The Hall–Kier alpha value is -1.51. The molecule has 0 saturated carbocycles. The molecule has 2 aromatic rings. The van der Waals surface area contributed by atoms with E-state index < -0.39 is 15.8 Å². The van der Waals surface area contributed by atoms with E-state index in [-0.39, 0.29) is 15.6 Å². The third-order valence-electron chi connectivity index (χ3n) is 2.87. The molecule has 0 atom stereocenters. The fraction of sp³-hybridized carbons (Fsp3) is 0.308.